The number of halogens is 2. The minimum Gasteiger partial charge on any atom is -0.389 e. The summed E-state index contributed by atoms with van der Waals surface area (Å²) in [4.78, 5) is 0.171. The van der Waals surface area contributed by atoms with E-state index < -0.39 is 11.6 Å². The molecule has 3 N–H and O–H groups in total. The fourth-order valence-electron chi connectivity index (χ4n) is 1.88. The molecule has 0 radical (unpaired) electrons. The molecule has 0 aliphatic carbocycles. The standard InChI is InChI=1S/C15H14F2N2S/c1-8-3-6-12(10(7-8)15(18)20)19-14-11(16)5-4-9(2)13(14)17/h3-7,19H,1-2H3,(H2,18,20). The van der Waals surface area contributed by atoms with Crippen LogP contribution in [-0.2, 0) is 0 Å². The molecule has 2 rings (SSSR count). The Morgan fingerprint density at radius 3 is 2.50 bits per heavy atom. The summed E-state index contributed by atoms with van der Waals surface area (Å²) in [6.45, 7) is 3.46. The van der Waals surface area contributed by atoms with Crippen LogP contribution in [0.3, 0.4) is 0 Å². The lowest BCUT2D eigenvalue weighted by molar-refractivity contribution is 0.585. The van der Waals surface area contributed by atoms with Crippen molar-refractivity contribution in [2.45, 2.75) is 13.8 Å². The maximum Gasteiger partial charge on any atom is 0.152 e. The average molecular weight is 292 g/mol. The van der Waals surface area contributed by atoms with Crippen LogP contribution in [0.5, 0.6) is 0 Å². The van der Waals surface area contributed by atoms with Crippen LogP contribution in [0.2, 0.25) is 0 Å². The van der Waals surface area contributed by atoms with Crippen molar-refractivity contribution in [3.8, 4) is 0 Å². The van der Waals surface area contributed by atoms with Crippen molar-refractivity contribution in [1.82, 2.24) is 0 Å². The molecular formula is C15H14F2N2S. The number of hydrogen-bond acceptors (Lipinski definition) is 2. The molecule has 2 nitrogen and oxygen atoms in total. The molecule has 5 heteroatoms. The fourth-order valence-corrected chi connectivity index (χ4v) is 2.05. The van der Waals surface area contributed by atoms with Gasteiger partial charge in [0.05, 0.1) is 0 Å². The lowest BCUT2D eigenvalue weighted by Crippen LogP contribution is -2.13. The van der Waals surface area contributed by atoms with Gasteiger partial charge in [-0.25, -0.2) is 8.78 Å². The zero-order valence-electron chi connectivity index (χ0n) is 11.1. The summed E-state index contributed by atoms with van der Waals surface area (Å²) in [5.74, 6) is -1.29. The normalized spacial score (nSPS) is 10.4. The zero-order chi connectivity index (χ0) is 14.9. The largest absolute Gasteiger partial charge is 0.389 e. The van der Waals surface area contributed by atoms with Crippen LogP contribution in [0.1, 0.15) is 16.7 Å². The minimum absolute atomic E-state index is 0.171. The number of nitrogens with one attached hydrogen (secondary N) is 1. The van der Waals surface area contributed by atoms with E-state index in [2.05, 4.69) is 5.32 Å². The molecule has 0 aliphatic heterocycles. The van der Waals surface area contributed by atoms with Gasteiger partial charge in [0.25, 0.3) is 0 Å². The summed E-state index contributed by atoms with van der Waals surface area (Å²) < 4.78 is 27.8. The third kappa shape index (κ3) is 2.77. The molecule has 0 fully saturated rings. The molecule has 0 atom stereocenters. The number of nitrogens with two attached hydrogens (primary N) is 1. The second kappa shape index (κ2) is 5.54. The molecule has 0 saturated carbocycles. The van der Waals surface area contributed by atoms with Crippen LogP contribution >= 0.6 is 12.2 Å². The maximum atomic E-state index is 14.0. The van der Waals surface area contributed by atoms with E-state index in [1.807, 2.05) is 13.0 Å². The molecule has 2 aromatic carbocycles. The van der Waals surface area contributed by atoms with E-state index in [1.165, 1.54) is 12.1 Å². The molecule has 0 unspecified atom stereocenters. The molecule has 0 amide bonds. The second-order valence-electron chi connectivity index (χ2n) is 4.59. The van der Waals surface area contributed by atoms with Crippen LogP contribution in [0.4, 0.5) is 20.2 Å². The molecule has 0 spiro atoms. The third-order valence-electron chi connectivity index (χ3n) is 2.98. The van der Waals surface area contributed by atoms with Crippen LogP contribution < -0.4 is 11.1 Å². The van der Waals surface area contributed by atoms with E-state index >= 15 is 0 Å². The van der Waals surface area contributed by atoms with Crippen LogP contribution in [0.25, 0.3) is 0 Å². The van der Waals surface area contributed by atoms with Crippen LogP contribution in [-0.4, -0.2) is 4.99 Å². The maximum absolute atomic E-state index is 14.0. The lowest BCUT2D eigenvalue weighted by atomic mass is 10.1. The van der Waals surface area contributed by atoms with Crippen molar-refractivity contribution in [1.29, 1.82) is 0 Å². The first-order valence-electron chi connectivity index (χ1n) is 6.02. The Morgan fingerprint density at radius 2 is 1.85 bits per heavy atom. The van der Waals surface area contributed by atoms with Gasteiger partial charge >= 0.3 is 0 Å². The SMILES string of the molecule is Cc1ccc(Nc2c(F)ccc(C)c2F)c(C(N)=S)c1. The topological polar surface area (TPSA) is 38.0 Å². The first kappa shape index (κ1) is 14.4. The Labute approximate surface area is 121 Å². The number of anilines is 2. The first-order chi connectivity index (χ1) is 9.40. The quantitative estimate of drug-likeness (QED) is 0.841. The summed E-state index contributed by atoms with van der Waals surface area (Å²) in [5, 5.41) is 2.74. The summed E-state index contributed by atoms with van der Waals surface area (Å²) in [6.07, 6.45) is 0. The summed E-state index contributed by atoms with van der Waals surface area (Å²) >= 11 is 4.97. The lowest BCUT2D eigenvalue weighted by Gasteiger charge is -2.14. The van der Waals surface area contributed by atoms with Gasteiger partial charge in [-0.15, -0.1) is 0 Å². The Hall–Kier alpha value is -2.01. The van der Waals surface area contributed by atoms with E-state index in [4.69, 9.17) is 18.0 Å². The van der Waals surface area contributed by atoms with Crippen molar-refractivity contribution in [3.05, 3.63) is 58.7 Å². The van der Waals surface area contributed by atoms with E-state index in [-0.39, 0.29) is 10.7 Å². The molecule has 0 aromatic heterocycles. The fraction of sp³-hybridized carbons (Fsp3) is 0.133. The Morgan fingerprint density at radius 1 is 1.15 bits per heavy atom. The van der Waals surface area contributed by atoms with Gasteiger partial charge in [-0.05, 0) is 37.6 Å². The number of rotatable bonds is 3. The number of hydrogen-bond donors (Lipinski definition) is 2. The number of thiocarbonyl (C=S) groups is 1. The predicted octanol–water partition coefficient (Wildman–Crippen LogP) is 3.96. The molecular weight excluding hydrogens is 278 g/mol. The van der Waals surface area contributed by atoms with Gasteiger partial charge in [0.1, 0.15) is 16.5 Å². The van der Waals surface area contributed by atoms with Crippen molar-refractivity contribution in [3.63, 3.8) is 0 Å². The Kier molecular flexibility index (Phi) is 3.99. The van der Waals surface area contributed by atoms with Gasteiger partial charge in [0, 0.05) is 11.3 Å². The highest BCUT2D eigenvalue weighted by Gasteiger charge is 2.14. The van der Waals surface area contributed by atoms with Crippen molar-refractivity contribution < 1.29 is 8.78 Å². The van der Waals surface area contributed by atoms with E-state index in [0.717, 1.165) is 5.56 Å². The second-order valence-corrected chi connectivity index (χ2v) is 5.03. The summed E-state index contributed by atoms with van der Waals surface area (Å²) in [5.41, 5.74) is 7.80. The molecule has 104 valence electrons. The molecule has 2 aromatic rings. The number of aryl methyl sites for hydroxylation is 2. The Bertz CT molecular complexity index is 684. The first-order valence-corrected chi connectivity index (χ1v) is 6.43. The highest BCUT2D eigenvalue weighted by molar-refractivity contribution is 7.80. The van der Waals surface area contributed by atoms with Crippen molar-refractivity contribution >= 4 is 28.6 Å². The highest BCUT2D eigenvalue weighted by Crippen LogP contribution is 2.28. The van der Waals surface area contributed by atoms with Gasteiger partial charge in [-0.3, -0.25) is 0 Å². The monoisotopic (exact) mass is 292 g/mol. The summed E-state index contributed by atoms with van der Waals surface area (Å²) in [7, 11) is 0. The van der Waals surface area contributed by atoms with E-state index in [0.29, 0.717) is 16.8 Å². The van der Waals surface area contributed by atoms with Crippen molar-refractivity contribution in [2.24, 2.45) is 5.73 Å². The van der Waals surface area contributed by atoms with Gasteiger partial charge < -0.3 is 11.1 Å². The number of benzene rings is 2. The molecule has 0 aliphatic rings. The smallest absolute Gasteiger partial charge is 0.152 e. The Balaban J connectivity index is 2.51. The average Bonchev–Trinajstić information content (AvgIpc) is 2.40. The van der Waals surface area contributed by atoms with Crippen LogP contribution in [0, 0.1) is 25.5 Å². The third-order valence-corrected chi connectivity index (χ3v) is 3.20. The molecule has 0 bridgehead atoms. The summed E-state index contributed by atoms with van der Waals surface area (Å²) in [6, 6.07) is 7.89. The van der Waals surface area contributed by atoms with Crippen LogP contribution in [0.15, 0.2) is 30.3 Å². The highest BCUT2D eigenvalue weighted by atomic mass is 32.1. The van der Waals surface area contributed by atoms with Gasteiger partial charge in [0.2, 0.25) is 0 Å². The van der Waals surface area contributed by atoms with E-state index in [1.54, 1.807) is 19.1 Å². The molecule has 20 heavy (non-hydrogen) atoms. The van der Waals surface area contributed by atoms with E-state index in [9.17, 15) is 8.78 Å². The van der Waals surface area contributed by atoms with Gasteiger partial charge in [-0.1, -0.05) is 29.9 Å². The van der Waals surface area contributed by atoms with Crippen molar-refractivity contribution in [2.75, 3.05) is 5.32 Å². The van der Waals surface area contributed by atoms with Gasteiger partial charge in [-0.2, -0.15) is 0 Å². The zero-order valence-corrected chi connectivity index (χ0v) is 11.9. The molecule has 0 saturated heterocycles. The van der Waals surface area contributed by atoms with Gasteiger partial charge in [0.15, 0.2) is 5.82 Å². The predicted molar refractivity (Wildman–Crippen MR) is 81.4 cm³/mol. The molecule has 0 heterocycles. The minimum atomic E-state index is -0.664.